The summed E-state index contributed by atoms with van der Waals surface area (Å²) in [7, 11) is 0. The minimum atomic E-state index is -0.0914. The van der Waals surface area contributed by atoms with Gasteiger partial charge in [0.25, 0.3) is 0 Å². The van der Waals surface area contributed by atoms with Crippen LogP contribution in [-0.2, 0) is 0 Å². The van der Waals surface area contributed by atoms with Gasteiger partial charge in [-0.3, -0.25) is 4.57 Å². The van der Waals surface area contributed by atoms with Crippen molar-refractivity contribution in [3.8, 4) is 90.6 Å². The van der Waals surface area contributed by atoms with E-state index in [4.69, 9.17) is 38.7 Å². The van der Waals surface area contributed by atoms with Gasteiger partial charge in [0.2, 0.25) is 11.9 Å². The molecule has 15 aromatic carbocycles. The number of fused-ring (bicyclic) bond motifs is 20. The van der Waals surface area contributed by atoms with E-state index >= 15 is 0 Å². The summed E-state index contributed by atoms with van der Waals surface area (Å²) < 4.78 is 18.4. The third-order valence-electron chi connectivity index (χ3n) is 23.8. The van der Waals surface area contributed by atoms with E-state index in [2.05, 4.69) is 340 Å². The molecule has 114 heavy (non-hydrogen) atoms. The summed E-state index contributed by atoms with van der Waals surface area (Å²) in [6.07, 6.45) is 4.88. The second-order valence-electron chi connectivity index (χ2n) is 30.0. The molecule has 1 aliphatic carbocycles. The van der Waals surface area contributed by atoms with Crippen LogP contribution in [0.1, 0.15) is 23.0 Å². The van der Waals surface area contributed by atoms with Crippen LogP contribution >= 0.6 is 0 Å². The number of hydrogen-bond donors (Lipinski definition) is 0. The Balaban J connectivity index is 0.609. The van der Waals surface area contributed by atoms with Crippen LogP contribution in [0.25, 0.3) is 178 Å². The van der Waals surface area contributed by atoms with Gasteiger partial charge in [0.1, 0.15) is 22.3 Å². The Hall–Kier alpha value is -15.1. The zero-order chi connectivity index (χ0) is 74.6. The number of nitrogens with zero attached hydrogens (tertiary/aromatic N) is 10. The fraction of sp³-hybridized carbons (Fsp3) is 0.0392. The maximum atomic E-state index is 7.06. The van der Waals surface area contributed by atoms with Gasteiger partial charge in [-0.05, 0) is 123 Å². The molecule has 0 saturated carbocycles. The third-order valence-corrected chi connectivity index (χ3v) is 23.8. The number of benzene rings is 15. The monoisotopic (exact) mass is 1460 g/mol. The SMILES string of the molecule is C1=CC2c3ccccc3N(c3nc(-c4ccc(-c5ccccc5)cc4)nc(-c4cccc5c4oc4ccc(-c6ccc(-c7cccc(-n8c9ccccc9c9ccc%10c%11ccccc%11n(-c%11nc(-c%12ccccc%12)nc(-c%12cccc%13c%12oc%12ccccc%12%13)n%11)c%10c98)c7)cc6)cc45)n3)C2C2C1c1ccccc1N2c1ccccc1. The van der Waals surface area contributed by atoms with Crippen LogP contribution in [0, 0.1) is 0 Å². The summed E-state index contributed by atoms with van der Waals surface area (Å²) in [5, 5.41) is 8.42. The standard InChI is InChI=1S/C102H64N10O2/c1-4-23-61(24-5-1)62-49-51-66(52-50-62)98-104-100(108-102(106-98)111-87-42-17-12-33-73(87)78-56-54-76-71-31-10-15-40-85(71)109(91(76)93(78)111)69-28-8-3-9-29-69)83-39-22-37-81-84-60-68(53-58-90(84)114-96(81)83)64-47-45-63(46-48-64)67-27-20-30-70(59-67)110-86-41-16-11-32-72(86)77-55-57-79-74-34-13-18-43-88(74)112(94(79)92(77)110)101-105-97(65-25-6-2-7-26-65)103-99(107-101)82-38-21-36-80-75-35-14-19-44-89(75)113-95(80)82/h1-60,76,78,91,93H. The molecule has 21 aromatic rings. The zero-order valence-corrected chi connectivity index (χ0v) is 61.2. The maximum absolute atomic E-state index is 7.06. The first-order valence-electron chi connectivity index (χ1n) is 38.8. The van der Waals surface area contributed by atoms with Crippen LogP contribution in [-0.4, -0.2) is 51.1 Å². The minimum absolute atomic E-state index is 0.00268. The molecular weight excluding hydrogens is 1400 g/mol. The molecule has 0 N–H and O–H groups in total. The summed E-state index contributed by atoms with van der Waals surface area (Å²) in [6.45, 7) is 0. The van der Waals surface area contributed by atoms with Crippen molar-refractivity contribution in [2.45, 2.75) is 23.9 Å². The fourth-order valence-corrected chi connectivity index (χ4v) is 18.7. The first-order valence-corrected chi connectivity index (χ1v) is 38.8. The van der Waals surface area contributed by atoms with Crippen LogP contribution in [0.5, 0.6) is 0 Å². The molecule has 6 aromatic heterocycles. The summed E-state index contributed by atoms with van der Waals surface area (Å²) in [5.41, 5.74) is 24.0. The van der Waals surface area contributed by atoms with Gasteiger partial charge >= 0.3 is 0 Å². The Morgan fingerprint density at radius 2 is 0.658 bits per heavy atom. The normalized spacial score (nSPS) is 15.6. The summed E-state index contributed by atoms with van der Waals surface area (Å²) in [4.78, 5) is 37.9. The van der Waals surface area contributed by atoms with Crippen molar-refractivity contribution >= 4 is 110 Å². The molecule has 24 rings (SSSR count). The van der Waals surface area contributed by atoms with Crippen molar-refractivity contribution in [3.63, 3.8) is 0 Å². The van der Waals surface area contributed by atoms with Gasteiger partial charge in [-0.1, -0.05) is 285 Å². The Morgan fingerprint density at radius 3 is 1.31 bits per heavy atom. The van der Waals surface area contributed by atoms with Crippen LogP contribution in [0.15, 0.2) is 373 Å². The number of aromatic nitrogens is 8. The highest BCUT2D eigenvalue weighted by molar-refractivity contribution is 6.24. The molecule has 3 aliphatic rings. The largest absolute Gasteiger partial charge is 0.455 e. The Labute approximate surface area is 653 Å². The van der Waals surface area contributed by atoms with Gasteiger partial charge in [0.05, 0.1) is 45.3 Å². The summed E-state index contributed by atoms with van der Waals surface area (Å²) >= 11 is 0. The van der Waals surface area contributed by atoms with E-state index in [1.54, 1.807) is 0 Å². The molecule has 0 fully saturated rings. The molecule has 0 saturated heterocycles. The molecule has 2 aliphatic heterocycles. The second kappa shape index (κ2) is 25.2. The van der Waals surface area contributed by atoms with Crippen molar-refractivity contribution in [1.29, 1.82) is 0 Å². The number of para-hydroxylation sites is 8. The molecule has 8 heterocycles. The molecule has 12 nitrogen and oxygen atoms in total. The van der Waals surface area contributed by atoms with E-state index in [9.17, 15) is 0 Å². The van der Waals surface area contributed by atoms with E-state index in [-0.39, 0.29) is 23.9 Å². The van der Waals surface area contributed by atoms with Gasteiger partial charge in [-0.2, -0.15) is 19.9 Å². The van der Waals surface area contributed by atoms with Crippen LogP contribution in [0.3, 0.4) is 0 Å². The quantitative estimate of drug-likeness (QED) is 0.116. The van der Waals surface area contributed by atoms with Crippen molar-refractivity contribution in [1.82, 2.24) is 39.0 Å². The van der Waals surface area contributed by atoms with Gasteiger partial charge in [-0.25, -0.2) is 9.97 Å². The first kappa shape index (κ1) is 63.8. The Morgan fingerprint density at radius 1 is 0.246 bits per heavy atom. The van der Waals surface area contributed by atoms with Gasteiger partial charge in [0, 0.05) is 88.8 Å². The van der Waals surface area contributed by atoms with E-state index in [1.807, 2.05) is 42.5 Å². The van der Waals surface area contributed by atoms with Crippen molar-refractivity contribution in [2.24, 2.45) is 0 Å². The lowest BCUT2D eigenvalue weighted by molar-refractivity contribution is 0.460. The highest BCUT2D eigenvalue weighted by Crippen LogP contribution is 2.58. The number of furan rings is 2. The van der Waals surface area contributed by atoms with Gasteiger partial charge < -0.3 is 23.2 Å². The number of rotatable bonds is 11. The van der Waals surface area contributed by atoms with E-state index in [0.717, 1.165) is 155 Å². The van der Waals surface area contributed by atoms with E-state index in [1.165, 1.54) is 16.8 Å². The molecule has 12 heteroatoms. The molecular formula is C102H64N10O2. The first-order chi connectivity index (χ1) is 56.5. The lowest BCUT2D eigenvalue weighted by atomic mass is 9.77. The third kappa shape index (κ3) is 9.83. The van der Waals surface area contributed by atoms with Crippen molar-refractivity contribution in [3.05, 3.63) is 375 Å². The molecule has 0 amide bonds. The van der Waals surface area contributed by atoms with Crippen LogP contribution < -0.4 is 9.80 Å². The minimum Gasteiger partial charge on any atom is -0.455 e. The molecule has 534 valence electrons. The predicted octanol–water partition coefficient (Wildman–Crippen LogP) is 25.2. The lowest BCUT2D eigenvalue weighted by Gasteiger charge is -2.42. The summed E-state index contributed by atoms with van der Waals surface area (Å²) in [6, 6.07) is 125. The second-order valence-corrected chi connectivity index (χ2v) is 30.0. The molecule has 4 unspecified atom stereocenters. The maximum Gasteiger partial charge on any atom is 0.238 e. The average molecular weight is 1460 g/mol. The Bertz CT molecular complexity index is 7530. The van der Waals surface area contributed by atoms with Gasteiger partial charge in [-0.15, -0.1) is 0 Å². The summed E-state index contributed by atoms with van der Waals surface area (Å²) in [5.74, 6) is 3.42. The lowest BCUT2D eigenvalue weighted by Crippen LogP contribution is -2.51. The number of anilines is 4. The van der Waals surface area contributed by atoms with E-state index < -0.39 is 0 Å². The topological polar surface area (TPSA) is 120 Å². The molecule has 0 radical (unpaired) electrons. The Kier molecular flexibility index (Phi) is 14.1. The molecule has 4 atom stereocenters. The van der Waals surface area contributed by atoms with Crippen LogP contribution in [0.4, 0.5) is 23.0 Å². The highest BCUT2D eigenvalue weighted by atomic mass is 16.3. The highest BCUT2D eigenvalue weighted by Gasteiger charge is 2.54. The van der Waals surface area contributed by atoms with Gasteiger partial charge in [0.15, 0.2) is 23.3 Å². The van der Waals surface area contributed by atoms with Crippen LogP contribution in [0.2, 0.25) is 0 Å². The van der Waals surface area contributed by atoms with E-state index in [0.29, 0.717) is 40.8 Å². The molecule has 0 spiro atoms. The smallest absolute Gasteiger partial charge is 0.238 e. The van der Waals surface area contributed by atoms with Crippen molar-refractivity contribution < 1.29 is 8.83 Å². The fourth-order valence-electron chi connectivity index (χ4n) is 18.7. The number of hydrogen-bond acceptors (Lipinski definition) is 10. The average Bonchev–Trinajstić information content (AvgIpc) is 1.54. The predicted molar refractivity (Wildman–Crippen MR) is 460 cm³/mol. The van der Waals surface area contributed by atoms with Crippen molar-refractivity contribution in [2.75, 3.05) is 9.80 Å². The molecule has 0 bridgehead atoms. The zero-order valence-electron chi connectivity index (χ0n) is 61.2.